The first-order valence-corrected chi connectivity index (χ1v) is 12.6. The first-order chi connectivity index (χ1) is 17.4. The number of fused-ring (bicyclic) bond motifs is 3. The zero-order valence-corrected chi connectivity index (χ0v) is 21.6. The van der Waals surface area contributed by atoms with Crippen molar-refractivity contribution >= 4 is 22.4 Å². The number of aromatic nitrogens is 3. The van der Waals surface area contributed by atoms with E-state index in [1.54, 1.807) is 6.92 Å². The Morgan fingerprint density at radius 2 is 1.78 bits per heavy atom. The van der Waals surface area contributed by atoms with Gasteiger partial charge in [-0.05, 0) is 59.6 Å². The van der Waals surface area contributed by atoms with Crippen molar-refractivity contribution in [1.29, 1.82) is 0 Å². The van der Waals surface area contributed by atoms with Crippen molar-refractivity contribution in [3.63, 3.8) is 0 Å². The van der Waals surface area contributed by atoms with Crippen molar-refractivity contribution in [2.75, 3.05) is 23.3 Å². The van der Waals surface area contributed by atoms with E-state index in [-0.39, 0.29) is 17.8 Å². The van der Waals surface area contributed by atoms with Crippen LogP contribution in [0.25, 0.3) is 10.9 Å². The van der Waals surface area contributed by atoms with E-state index in [1.165, 1.54) is 12.1 Å². The summed E-state index contributed by atoms with van der Waals surface area (Å²) < 4.78 is 51.0. The monoisotopic (exact) mass is 515 g/mol. The predicted molar refractivity (Wildman–Crippen MR) is 136 cm³/mol. The van der Waals surface area contributed by atoms with Gasteiger partial charge in [-0.2, -0.15) is 13.9 Å². The third-order valence-corrected chi connectivity index (χ3v) is 7.42. The van der Waals surface area contributed by atoms with E-state index in [2.05, 4.69) is 20.4 Å². The van der Waals surface area contributed by atoms with Gasteiger partial charge in [-0.25, -0.2) is 9.37 Å². The highest BCUT2D eigenvalue weighted by atomic mass is 19.3. The molecule has 0 amide bonds. The van der Waals surface area contributed by atoms with Crippen molar-refractivity contribution in [3.8, 4) is 0 Å². The van der Waals surface area contributed by atoms with Gasteiger partial charge in [0.1, 0.15) is 11.4 Å². The molecule has 0 radical (unpaired) electrons. The van der Waals surface area contributed by atoms with Crippen molar-refractivity contribution in [2.45, 2.75) is 77.2 Å². The van der Waals surface area contributed by atoms with Crippen LogP contribution in [0.1, 0.15) is 62.2 Å². The van der Waals surface area contributed by atoms with Gasteiger partial charge >= 0.3 is 5.92 Å². The topological polar surface area (TPSA) is 83.4 Å². The SMILES string of the molecule is Cc1nc2c(C)nnc(N[C@H](C)c3cccc(C(F)(F)C(C)(C)O)c3F)c2cc1N1CC2CCC(C1)O2. The summed E-state index contributed by atoms with van der Waals surface area (Å²) in [6.07, 6.45) is 2.52. The van der Waals surface area contributed by atoms with Crippen LogP contribution in [0, 0.1) is 19.7 Å². The van der Waals surface area contributed by atoms with E-state index in [4.69, 9.17) is 9.72 Å². The summed E-state index contributed by atoms with van der Waals surface area (Å²) in [6.45, 7) is 8.95. The van der Waals surface area contributed by atoms with Crippen LogP contribution in [0.2, 0.25) is 0 Å². The number of alkyl halides is 2. The Morgan fingerprint density at radius 3 is 2.43 bits per heavy atom. The number of benzene rings is 1. The van der Waals surface area contributed by atoms with Gasteiger partial charge in [0.25, 0.3) is 0 Å². The summed E-state index contributed by atoms with van der Waals surface area (Å²) in [5, 5.41) is 22.4. The van der Waals surface area contributed by atoms with Crippen LogP contribution in [0.4, 0.5) is 24.7 Å². The Morgan fingerprint density at radius 1 is 1.11 bits per heavy atom. The van der Waals surface area contributed by atoms with Gasteiger partial charge < -0.3 is 20.1 Å². The molecule has 7 nitrogen and oxygen atoms in total. The fourth-order valence-corrected chi connectivity index (χ4v) is 5.25. The number of ether oxygens (including phenoxy) is 1. The molecule has 4 heterocycles. The van der Waals surface area contributed by atoms with E-state index >= 15 is 4.39 Å². The maximum absolute atomic E-state index is 15.4. The second-order valence-corrected chi connectivity index (χ2v) is 10.7. The molecule has 3 aromatic rings. The van der Waals surface area contributed by atoms with Crippen molar-refractivity contribution < 1.29 is 23.0 Å². The molecule has 1 aromatic carbocycles. The van der Waals surface area contributed by atoms with Crippen molar-refractivity contribution in [3.05, 3.63) is 52.6 Å². The minimum Gasteiger partial charge on any atom is -0.384 e. The summed E-state index contributed by atoms with van der Waals surface area (Å²) in [5.41, 5.74) is -0.0756. The van der Waals surface area contributed by atoms with Gasteiger partial charge in [0.05, 0.1) is 46.4 Å². The molecule has 2 aliphatic rings. The number of morpholine rings is 1. The number of pyridine rings is 1. The number of aliphatic hydroxyl groups is 1. The van der Waals surface area contributed by atoms with Crippen LogP contribution >= 0.6 is 0 Å². The number of rotatable bonds is 6. The number of anilines is 2. The molecule has 2 unspecified atom stereocenters. The summed E-state index contributed by atoms with van der Waals surface area (Å²) in [4.78, 5) is 7.12. The van der Waals surface area contributed by atoms with Gasteiger partial charge in [0.2, 0.25) is 0 Å². The fraction of sp³-hybridized carbons (Fsp3) is 0.519. The molecule has 0 saturated carbocycles. The lowest BCUT2D eigenvalue weighted by Gasteiger charge is -2.34. The zero-order chi connectivity index (χ0) is 26.7. The van der Waals surface area contributed by atoms with Gasteiger partial charge in [-0.3, -0.25) is 0 Å². The third-order valence-electron chi connectivity index (χ3n) is 7.42. The molecular formula is C27H32F3N5O2. The van der Waals surface area contributed by atoms with E-state index in [0.717, 1.165) is 62.6 Å². The van der Waals surface area contributed by atoms with Crippen LogP contribution in [0.3, 0.4) is 0 Å². The first-order valence-electron chi connectivity index (χ1n) is 12.6. The van der Waals surface area contributed by atoms with Crippen molar-refractivity contribution in [1.82, 2.24) is 15.2 Å². The second kappa shape index (κ2) is 9.09. The lowest BCUT2D eigenvalue weighted by atomic mass is 9.91. The number of hydrogen-bond donors (Lipinski definition) is 2. The van der Waals surface area contributed by atoms with E-state index in [0.29, 0.717) is 17.0 Å². The smallest absolute Gasteiger partial charge is 0.303 e. The number of halogens is 3. The Balaban J connectivity index is 1.51. The number of nitrogens with zero attached hydrogens (tertiary/aromatic N) is 4. The normalized spacial score (nSPS) is 20.9. The van der Waals surface area contributed by atoms with Gasteiger partial charge in [0.15, 0.2) is 5.82 Å². The minimum atomic E-state index is -3.78. The molecule has 198 valence electrons. The van der Waals surface area contributed by atoms with Crippen LogP contribution in [0.5, 0.6) is 0 Å². The molecule has 0 aliphatic carbocycles. The molecule has 3 atom stereocenters. The number of hydrogen-bond acceptors (Lipinski definition) is 7. The first kappa shape index (κ1) is 25.7. The van der Waals surface area contributed by atoms with Gasteiger partial charge in [0, 0.05) is 24.0 Å². The summed E-state index contributed by atoms with van der Waals surface area (Å²) in [7, 11) is 0. The highest BCUT2D eigenvalue weighted by Gasteiger charge is 2.49. The predicted octanol–water partition coefficient (Wildman–Crippen LogP) is 5.18. The third kappa shape index (κ3) is 4.50. The summed E-state index contributed by atoms with van der Waals surface area (Å²) in [6, 6.07) is 5.10. The molecule has 5 rings (SSSR count). The molecule has 2 fully saturated rings. The highest BCUT2D eigenvalue weighted by Crippen LogP contribution is 2.41. The quantitative estimate of drug-likeness (QED) is 0.468. The molecule has 2 N–H and O–H groups in total. The van der Waals surface area contributed by atoms with Crippen LogP contribution < -0.4 is 10.2 Å². The minimum absolute atomic E-state index is 0.0296. The maximum Gasteiger partial charge on any atom is 0.303 e. The Kier molecular flexibility index (Phi) is 6.31. The lowest BCUT2D eigenvalue weighted by molar-refractivity contribution is -0.170. The molecule has 2 aromatic heterocycles. The van der Waals surface area contributed by atoms with Gasteiger partial charge in [-0.15, -0.1) is 5.10 Å². The number of aryl methyl sites for hydroxylation is 2. The standard InChI is InChI=1S/C27H32F3N5O2/c1-14(19-7-6-8-21(23(19)28)27(29,30)26(4,5)36)32-25-20-11-22(15(2)31-24(20)16(3)33-34-25)35-12-17-9-10-18(13-35)37-17/h6-8,11,14,17-18,36H,9-10,12-13H2,1-5H3,(H,32,34)/t14-,17?,18?/m1/s1. The average Bonchev–Trinajstić information content (AvgIpc) is 3.17. The summed E-state index contributed by atoms with van der Waals surface area (Å²) in [5.74, 6) is -4.47. The lowest BCUT2D eigenvalue weighted by Crippen LogP contribution is -2.43. The molecule has 0 spiro atoms. The van der Waals surface area contributed by atoms with Crippen molar-refractivity contribution in [2.24, 2.45) is 0 Å². The van der Waals surface area contributed by atoms with Gasteiger partial charge in [-0.1, -0.05) is 12.1 Å². The summed E-state index contributed by atoms with van der Waals surface area (Å²) >= 11 is 0. The van der Waals surface area contributed by atoms with E-state index in [9.17, 15) is 13.9 Å². The molecular weight excluding hydrogens is 483 g/mol. The molecule has 37 heavy (non-hydrogen) atoms. The molecule has 2 aliphatic heterocycles. The largest absolute Gasteiger partial charge is 0.384 e. The van der Waals surface area contributed by atoms with Crippen LogP contribution in [-0.4, -0.2) is 51.2 Å². The highest BCUT2D eigenvalue weighted by molar-refractivity contribution is 5.93. The fourth-order valence-electron chi connectivity index (χ4n) is 5.25. The molecule has 10 heteroatoms. The van der Waals surface area contributed by atoms with Crippen LogP contribution in [-0.2, 0) is 10.7 Å². The maximum atomic E-state index is 15.4. The number of nitrogens with one attached hydrogen (secondary N) is 1. The molecule has 2 bridgehead atoms. The second-order valence-electron chi connectivity index (χ2n) is 10.7. The van der Waals surface area contributed by atoms with Crippen LogP contribution in [0.15, 0.2) is 24.3 Å². The average molecular weight is 516 g/mol. The van der Waals surface area contributed by atoms with E-state index < -0.39 is 28.9 Å². The Hall–Kier alpha value is -2.98. The Bertz CT molecular complexity index is 1330. The zero-order valence-electron chi connectivity index (χ0n) is 21.6. The molecule has 2 saturated heterocycles. The Labute approximate surface area is 214 Å². The van der Waals surface area contributed by atoms with E-state index in [1.807, 2.05) is 19.9 Å².